The van der Waals surface area contributed by atoms with E-state index in [1.807, 2.05) is 0 Å². The van der Waals surface area contributed by atoms with Crippen molar-refractivity contribution in [3.05, 3.63) is 0 Å². The van der Waals surface area contributed by atoms with Crippen molar-refractivity contribution >= 4 is 5.78 Å². The molecule has 10 nitrogen and oxygen atoms in total. The first kappa shape index (κ1) is 21.6. The summed E-state index contributed by atoms with van der Waals surface area (Å²) in [7, 11) is 0. The topological polar surface area (TPSA) is 199 Å². The van der Waals surface area contributed by atoms with Gasteiger partial charge in [-0.3, -0.25) is 4.79 Å². The van der Waals surface area contributed by atoms with Crippen molar-refractivity contribution in [3.8, 4) is 0 Å². The van der Waals surface area contributed by atoms with Gasteiger partial charge < -0.3 is 46.0 Å². The third kappa shape index (κ3) is 8.47. The third-order valence-electron chi connectivity index (χ3n) is 2.20. The fraction of sp³-hybridized carbons (Fsp3) is 0.900. The first-order chi connectivity index (χ1) is 9.26. The lowest BCUT2D eigenvalue weighted by Crippen LogP contribution is -2.41. The molecule has 10 heteroatoms. The molecule has 0 aliphatic heterocycles. The number of hydrogen-bond acceptors (Lipinski definition) is 10. The summed E-state index contributed by atoms with van der Waals surface area (Å²) < 4.78 is 0. The van der Waals surface area contributed by atoms with Gasteiger partial charge in [-0.25, -0.2) is 0 Å². The van der Waals surface area contributed by atoms with Crippen LogP contribution >= 0.6 is 0 Å². The molecule has 0 aliphatic rings. The van der Waals surface area contributed by atoms with Crippen LogP contribution in [0.5, 0.6) is 0 Å². The summed E-state index contributed by atoms with van der Waals surface area (Å²) in [6.45, 7) is -2.82. The number of ketones is 1. The van der Waals surface area contributed by atoms with Crippen molar-refractivity contribution in [1.29, 1.82) is 0 Å². The minimum Gasteiger partial charge on any atom is -0.394 e. The molecule has 9 N–H and O–H groups in total. The first-order valence-corrected chi connectivity index (χ1v) is 5.63. The highest BCUT2D eigenvalue weighted by atomic mass is 16.4. The molecule has 0 bridgehead atoms. The largest absolute Gasteiger partial charge is 0.394 e. The Kier molecular flexibility index (Phi) is 13.1. The second kappa shape index (κ2) is 12.1. The minimum atomic E-state index is -1.69. The summed E-state index contributed by atoms with van der Waals surface area (Å²) in [5, 5.41) is 76.2. The number of aliphatic hydroxyl groups is 9. The fourth-order valence-electron chi connectivity index (χ4n) is 0.880. The van der Waals surface area contributed by atoms with Crippen LogP contribution in [0.2, 0.25) is 0 Å². The van der Waals surface area contributed by atoms with Crippen molar-refractivity contribution in [2.24, 2.45) is 0 Å². The standard InChI is InChI=1S/C5H12O5.C5H10O5/c2*6-1-3(8)5(10)4(9)2-7/h3-10H,1-2H2;3,5-8,10H,1-2H2/t3-,4+,5?;. The van der Waals surface area contributed by atoms with Crippen molar-refractivity contribution in [2.45, 2.75) is 30.5 Å². The summed E-state index contributed by atoms with van der Waals surface area (Å²) in [4.78, 5) is 10.3. The second-order valence-corrected chi connectivity index (χ2v) is 3.81. The van der Waals surface area contributed by atoms with E-state index in [0.717, 1.165) is 0 Å². The summed E-state index contributed by atoms with van der Waals surface area (Å²) >= 11 is 0. The maximum atomic E-state index is 10.3. The third-order valence-corrected chi connectivity index (χ3v) is 2.20. The zero-order chi connectivity index (χ0) is 16.3. The van der Waals surface area contributed by atoms with E-state index in [1.54, 1.807) is 0 Å². The van der Waals surface area contributed by atoms with Crippen molar-refractivity contribution in [2.75, 3.05) is 26.4 Å². The molecule has 0 radical (unpaired) electrons. The van der Waals surface area contributed by atoms with Crippen LogP contribution in [0.3, 0.4) is 0 Å². The highest BCUT2D eigenvalue weighted by Crippen LogP contribution is 1.98. The van der Waals surface area contributed by atoms with Gasteiger partial charge in [0.2, 0.25) is 0 Å². The molecular weight excluding hydrogens is 280 g/mol. The molecule has 0 fully saturated rings. The summed E-state index contributed by atoms with van der Waals surface area (Å²) in [5.41, 5.74) is 0. The Bertz CT molecular complexity index is 238. The van der Waals surface area contributed by atoms with Gasteiger partial charge in [0.25, 0.3) is 0 Å². The molecule has 0 heterocycles. The summed E-state index contributed by atoms with van der Waals surface area (Å²) in [5.74, 6) is -0.901. The van der Waals surface area contributed by atoms with Crippen LogP contribution in [-0.4, -0.2) is 109 Å². The van der Waals surface area contributed by atoms with Crippen LogP contribution in [0.1, 0.15) is 0 Å². The molecule has 122 valence electrons. The number of aliphatic hydroxyl groups excluding tert-OH is 9. The van der Waals surface area contributed by atoms with Gasteiger partial charge in [-0.2, -0.15) is 0 Å². The number of carbonyl (C=O) groups is 1. The molecule has 5 atom stereocenters. The molecule has 0 spiro atoms. The van der Waals surface area contributed by atoms with E-state index >= 15 is 0 Å². The normalized spacial score (nSPS) is 18.2. The SMILES string of the molecule is O=C(CO)C(O)C(O)CO.OC[C@@H](O)C(O)[C@@H](O)CO. The smallest absolute Gasteiger partial charge is 0.189 e. The Labute approximate surface area is 114 Å². The van der Waals surface area contributed by atoms with Gasteiger partial charge in [0, 0.05) is 0 Å². The Balaban J connectivity index is 0. The molecule has 0 rings (SSSR count). The molecule has 0 aliphatic carbocycles. The Morgan fingerprint density at radius 3 is 1.30 bits per heavy atom. The molecule has 0 saturated carbocycles. The average Bonchev–Trinajstić information content (AvgIpc) is 2.50. The number of Topliss-reactive ketones (excluding diaryl/α,β-unsaturated/α-hetero) is 1. The van der Waals surface area contributed by atoms with Gasteiger partial charge in [-0.1, -0.05) is 0 Å². The predicted octanol–water partition coefficient (Wildman–Crippen LogP) is -5.68. The summed E-state index contributed by atoms with van der Waals surface area (Å²) in [6, 6.07) is 0. The van der Waals surface area contributed by atoms with E-state index in [0.29, 0.717) is 0 Å². The second-order valence-electron chi connectivity index (χ2n) is 3.81. The van der Waals surface area contributed by atoms with Crippen molar-refractivity contribution in [3.63, 3.8) is 0 Å². The van der Waals surface area contributed by atoms with Crippen molar-refractivity contribution < 1.29 is 50.8 Å². The molecule has 0 aromatic heterocycles. The monoisotopic (exact) mass is 302 g/mol. The lowest BCUT2D eigenvalue weighted by atomic mass is 10.1. The van der Waals surface area contributed by atoms with Crippen LogP contribution < -0.4 is 0 Å². The zero-order valence-electron chi connectivity index (χ0n) is 10.6. The number of rotatable bonds is 8. The first-order valence-electron chi connectivity index (χ1n) is 5.63. The average molecular weight is 302 g/mol. The molecule has 0 aromatic carbocycles. The lowest BCUT2D eigenvalue weighted by molar-refractivity contribution is -0.137. The molecule has 0 amide bonds. The van der Waals surface area contributed by atoms with Gasteiger partial charge in [-0.05, 0) is 0 Å². The van der Waals surface area contributed by atoms with E-state index in [-0.39, 0.29) is 0 Å². The Hall–Kier alpha value is -0.690. The van der Waals surface area contributed by atoms with Gasteiger partial charge in [0.1, 0.15) is 37.1 Å². The molecular formula is C10H22O10. The fourth-order valence-corrected chi connectivity index (χ4v) is 0.880. The van der Waals surface area contributed by atoms with E-state index in [4.69, 9.17) is 46.0 Å². The molecule has 20 heavy (non-hydrogen) atoms. The molecule has 3 unspecified atom stereocenters. The predicted molar refractivity (Wildman–Crippen MR) is 63.4 cm³/mol. The summed E-state index contributed by atoms with van der Waals surface area (Å²) in [6.07, 6.45) is -7.48. The van der Waals surface area contributed by atoms with Gasteiger partial charge >= 0.3 is 0 Å². The van der Waals surface area contributed by atoms with Crippen LogP contribution in [0.15, 0.2) is 0 Å². The van der Waals surface area contributed by atoms with Crippen LogP contribution in [0.25, 0.3) is 0 Å². The van der Waals surface area contributed by atoms with Gasteiger partial charge in [-0.15, -0.1) is 0 Å². The maximum absolute atomic E-state index is 10.3. The van der Waals surface area contributed by atoms with Crippen molar-refractivity contribution in [1.82, 2.24) is 0 Å². The highest BCUT2D eigenvalue weighted by Gasteiger charge is 2.23. The molecule has 0 saturated heterocycles. The van der Waals surface area contributed by atoms with E-state index in [1.165, 1.54) is 0 Å². The lowest BCUT2D eigenvalue weighted by Gasteiger charge is -2.19. The van der Waals surface area contributed by atoms with Gasteiger partial charge in [0.05, 0.1) is 19.8 Å². The van der Waals surface area contributed by atoms with E-state index < -0.39 is 62.7 Å². The number of hydrogen-bond donors (Lipinski definition) is 9. The zero-order valence-corrected chi connectivity index (χ0v) is 10.6. The number of carbonyl (C=O) groups excluding carboxylic acids is 1. The Morgan fingerprint density at radius 1 is 0.700 bits per heavy atom. The Morgan fingerprint density at radius 2 is 1.05 bits per heavy atom. The maximum Gasteiger partial charge on any atom is 0.189 e. The highest BCUT2D eigenvalue weighted by molar-refractivity contribution is 5.84. The van der Waals surface area contributed by atoms with E-state index in [2.05, 4.69) is 0 Å². The van der Waals surface area contributed by atoms with Gasteiger partial charge in [0.15, 0.2) is 5.78 Å². The quantitative estimate of drug-likeness (QED) is 0.208. The molecule has 0 aromatic rings. The van der Waals surface area contributed by atoms with Crippen LogP contribution in [-0.2, 0) is 4.79 Å². The minimum absolute atomic E-state index is 0.641. The van der Waals surface area contributed by atoms with Crippen LogP contribution in [0.4, 0.5) is 0 Å². The van der Waals surface area contributed by atoms with Crippen LogP contribution in [0, 0.1) is 0 Å². The van der Waals surface area contributed by atoms with E-state index in [9.17, 15) is 4.79 Å².